The van der Waals surface area contributed by atoms with Gasteiger partial charge >= 0.3 is 0 Å². The fourth-order valence-electron chi connectivity index (χ4n) is 2.18. The maximum absolute atomic E-state index is 9.97. The first kappa shape index (κ1) is 12.6. The molecule has 1 aliphatic rings. The minimum Gasteiger partial charge on any atom is -0.394 e. The van der Waals surface area contributed by atoms with Gasteiger partial charge in [0.2, 0.25) is 0 Å². The molecule has 4 N–H and O–H groups in total. The molecule has 8 nitrogen and oxygen atoms in total. The van der Waals surface area contributed by atoms with E-state index in [0.29, 0.717) is 15.8 Å². The molecule has 9 heteroatoms. The lowest BCUT2D eigenvalue weighted by atomic mass is 10.1. The summed E-state index contributed by atoms with van der Waals surface area (Å²) >= 11 is 5.04. The van der Waals surface area contributed by atoms with Crippen molar-refractivity contribution in [2.75, 3.05) is 6.61 Å². The van der Waals surface area contributed by atoms with Gasteiger partial charge in [0, 0.05) is 0 Å². The highest BCUT2D eigenvalue weighted by molar-refractivity contribution is 7.71. The van der Waals surface area contributed by atoms with Crippen LogP contribution >= 0.6 is 12.2 Å². The van der Waals surface area contributed by atoms with Crippen molar-refractivity contribution in [1.82, 2.24) is 19.5 Å². The van der Waals surface area contributed by atoms with Gasteiger partial charge in [-0.05, 0) is 0 Å². The van der Waals surface area contributed by atoms with Crippen LogP contribution in [0, 0.1) is 4.64 Å². The predicted molar refractivity (Wildman–Crippen MR) is 65.7 cm³/mol. The van der Waals surface area contributed by atoms with E-state index in [4.69, 9.17) is 22.1 Å². The van der Waals surface area contributed by atoms with Crippen molar-refractivity contribution in [2.45, 2.75) is 24.5 Å². The van der Waals surface area contributed by atoms with Gasteiger partial charge in [0.05, 0.1) is 19.3 Å². The van der Waals surface area contributed by atoms with E-state index in [2.05, 4.69) is 15.0 Å². The standard InChI is InChI=1S/C10H12N4O4S/c15-1-4-6(16)7(17)10(18-4)14-3-13-5-8(14)11-2-12-9(5)19/h2-4,6-7,10,15-17H,1H2,(H,11,12,19)/t4-,6-,7-,10?/m0/s1. The van der Waals surface area contributed by atoms with Crippen molar-refractivity contribution in [3.63, 3.8) is 0 Å². The number of imidazole rings is 1. The molecule has 0 radical (unpaired) electrons. The Morgan fingerprint density at radius 1 is 1.37 bits per heavy atom. The molecule has 0 spiro atoms. The summed E-state index contributed by atoms with van der Waals surface area (Å²) in [4.78, 5) is 10.9. The van der Waals surface area contributed by atoms with Gasteiger partial charge in [0.15, 0.2) is 10.9 Å². The third kappa shape index (κ3) is 1.86. The molecule has 0 aromatic carbocycles. The zero-order valence-electron chi connectivity index (χ0n) is 9.67. The number of aromatic nitrogens is 4. The summed E-state index contributed by atoms with van der Waals surface area (Å²) in [6.45, 7) is -0.376. The monoisotopic (exact) mass is 284 g/mol. The molecule has 1 fully saturated rings. The first-order valence-electron chi connectivity index (χ1n) is 5.66. The minimum atomic E-state index is -1.16. The number of nitrogens with one attached hydrogen (secondary N) is 1. The SMILES string of the molecule is OC[C@@H]1OC(n2cnc3c(=S)nc[nH]c32)[C@@H](O)[C@H]1O. The Labute approximate surface area is 112 Å². The van der Waals surface area contributed by atoms with Crippen molar-refractivity contribution in [3.05, 3.63) is 17.3 Å². The van der Waals surface area contributed by atoms with E-state index in [-0.39, 0.29) is 6.61 Å². The van der Waals surface area contributed by atoms with Crippen molar-refractivity contribution in [1.29, 1.82) is 0 Å². The van der Waals surface area contributed by atoms with Gasteiger partial charge in [-0.1, -0.05) is 12.2 Å². The lowest BCUT2D eigenvalue weighted by molar-refractivity contribution is -0.0511. The third-order valence-electron chi connectivity index (χ3n) is 3.17. The summed E-state index contributed by atoms with van der Waals surface area (Å²) in [5.41, 5.74) is 1.02. The normalized spacial score (nSPS) is 31.1. The maximum atomic E-state index is 9.97. The van der Waals surface area contributed by atoms with E-state index in [0.717, 1.165) is 0 Å². The molecular formula is C10H12N4O4S. The fourth-order valence-corrected chi connectivity index (χ4v) is 2.38. The van der Waals surface area contributed by atoms with Crippen LogP contribution in [0.15, 0.2) is 12.7 Å². The van der Waals surface area contributed by atoms with E-state index in [1.54, 1.807) is 0 Å². The van der Waals surface area contributed by atoms with E-state index in [9.17, 15) is 10.2 Å². The average Bonchev–Trinajstić information content (AvgIpc) is 2.94. The molecule has 3 rings (SSSR count). The Bertz CT molecular complexity index is 656. The summed E-state index contributed by atoms with van der Waals surface area (Å²) in [6, 6.07) is 0. The number of H-pyrrole nitrogens is 1. The Hall–Kier alpha value is -1.39. The number of aliphatic hydroxyl groups is 3. The quantitative estimate of drug-likeness (QED) is 0.528. The topological polar surface area (TPSA) is 116 Å². The molecule has 1 saturated heterocycles. The van der Waals surface area contributed by atoms with Gasteiger partial charge in [0.25, 0.3) is 0 Å². The maximum Gasteiger partial charge on any atom is 0.165 e. The minimum absolute atomic E-state index is 0.333. The molecule has 19 heavy (non-hydrogen) atoms. The molecule has 2 aromatic rings. The number of hydrogen-bond donors (Lipinski definition) is 4. The van der Waals surface area contributed by atoms with Crippen LogP contribution in [0.3, 0.4) is 0 Å². The molecule has 3 heterocycles. The largest absolute Gasteiger partial charge is 0.394 e. The zero-order chi connectivity index (χ0) is 13.6. The molecule has 1 unspecified atom stereocenters. The first-order valence-corrected chi connectivity index (χ1v) is 6.07. The molecule has 0 aliphatic carbocycles. The Kier molecular flexibility index (Phi) is 3.07. The van der Waals surface area contributed by atoms with Gasteiger partial charge < -0.3 is 25.0 Å². The number of nitrogens with zero attached hydrogens (tertiary/aromatic N) is 3. The second-order valence-corrected chi connectivity index (χ2v) is 4.67. The van der Waals surface area contributed by atoms with E-state index in [1.807, 2.05) is 0 Å². The van der Waals surface area contributed by atoms with Crippen molar-refractivity contribution >= 4 is 23.4 Å². The second kappa shape index (κ2) is 4.62. The van der Waals surface area contributed by atoms with Crippen LogP contribution in [-0.4, -0.2) is 59.8 Å². The van der Waals surface area contributed by atoms with Crippen molar-refractivity contribution < 1.29 is 20.1 Å². The first-order chi connectivity index (χ1) is 9.13. The zero-order valence-corrected chi connectivity index (χ0v) is 10.5. The van der Waals surface area contributed by atoms with Gasteiger partial charge in [-0.3, -0.25) is 4.57 Å². The number of fused-ring (bicyclic) bond motifs is 1. The summed E-state index contributed by atoms with van der Waals surface area (Å²) in [6.07, 6.45) is -1.13. The summed E-state index contributed by atoms with van der Waals surface area (Å²) in [5, 5.41) is 28.8. The van der Waals surface area contributed by atoms with Crippen LogP contribution in [0.25, 0.3) is 11.2 Å². The lowest BCUT2D eigenvalue weighted by Gasteiger charge is -2.16. The molecule has 0 bridgehead atoms. The number of ether oxygens (including phenoxy) is 1. The fraction of sp³-hybridized carbons (Fsp3) is 0.500. The summed E-state index contributed by atoms with van der Waals surface area (Å²) < 4.78 is 7.28. The smallest absolute Gasteiger partial charge is 0.165 e. The molecule has 4 atom stereocenters. The molecule has 102 valence electrons. The highest BCUT2D eigenvalue weighted by atomic mass is 32.1. The third-order valence-corrected chi connectivity index (χ3v) is 3.47. The Balaban J connectivity index is 2.06. The highest BCUT2D eigenvalue weighted by Gasteiger charge is 2.43. The average molecular weight is 284 g/mol. The molecule has 2 aromatic heterocycles. The van der Waals surface area contributed by atoms with Gasteiger partial charge in [-0.2, -0.15) is 0 Å². The Morgan fingerprint density at radius 2 is 2.16 bits per heavy atom. The molecule has 0 saturated carbocycles. The lowest BCUT2D eigenvalue weighted by Crippen LogP contribution is -2.33. The van der Waals surface area contributed by atoms with Crippen molar-refractivity contribution in [2.24, 2.45) is 0 Å². The van der Waals surface area contributed by atoms with Crippen LogP contribution in [-0.2, 0) is 4.74 Å². The van der Waals surface area contributed by atoms with Gasteiger partial charge in [-0.25, -0.2) is 9.97 Å². The summed E-state index contributed by atoms with van der Waals surface area (Å²) in [5.74, 6) is 0. The molecule has 0 amide bonds. The highest BCUT2D eigenvalue weighted by Crippen LogP contribution is 2.30. The molecular weight excluding hydrogens is 272 g/mol. The van der Waals surface area contributed by atoms with Crippen LogP contribution in [0.5, 0.6) is 0 Å². The molecule has 1 aliphatic heterocycles. The van der Waals surface area contributed by atoms with E-state index in [1.165, 1.54) is 17.2 Å². The number of rotatable bonds is 2. The van der Waals surface area contributed by atoms with Gasteiger partial charge in [0.1, 0.15) is 29.5 Å². The van der Waals surface area contributed by atoms with Crippen LogP contribution in [0.4, 0.5) is 0 Å². The van der Waals surface area contributed by atoms with E-state index >= 15 is 0 Å². The van der Waals surface area contributed by atoms with Crippen LogP contribution < -0.4 is 0 Å². The van der Waals surface area contributed by atoms with Crippen LogP contribution in [0.2, 0.25) is 0 Å². The van der Waals surface area contributed by atoms with Crippen LogP contribution in [0.1, 0.15) is 6.23 Å². The second-order valence-electron chi connectivity index (χ2n) is 4.29. The number of aromatic amines is 1. The summed E-state index contributed by atoms with van der Waals surface area (Å²) in [7, 11) is 0. The number of hydrogen-bond acceptors (Lipinski definition) is 7. The van der Waals surface area contributed by atoms with Gasteiger partial charge in [-0.15, -0.1) is 0 Å². The predicted octanol–water partition coefficient (Wildman–Crippen LogP) is -0.900. The Morgan fingerprint density at radius 3 is 2.84 bits per heavy atom. The van der Waals surface area contributed by atoms with E-state index < -0.39 is 24.5 Å². The number of aliphatic hydroxyl groups excluding tert-OH is 3. The van der Waals surface area contributed by atoms with Crippen molar-refractivity contribution in [3.8, 4) is 0 Å².